The maximum atomic E-state index is 5.34. The van der Waals surface area contributed by atoms with Gasteiger partial charge < -0.3 is 9.88 Å². The highest BCUT2D eigenvalue weighted by molar-refractivity contribution is 7.71. The van der Waals surface area contributed by atoms with E-state index in [-0.39, 0.29) is 0 Å². The number of aromatic amines is 1. The smallest absolute Gasteiger partial charge is 0.147 e. The second kappa shape index (κ2) is 5.03. The summed E-state index contributed by atoms with van der Waals surface area (Å²) in [6.07, 6.45) is 5.54. The number of aromatic nitrogens is 3. The van der Waals surface area contributed by atoms with Gasteiger partial charge in [-0.3, -0.25) is 0 Å². The quantitative estimate of drug-likeness (QED) is 0.683. The molecule has 3 aromatic rings. The number of H-pyrrole nitrogens is 1. The number of hydrogen-bond donors (Lipinski definition) is 1. The van der Waals surface area contributed by atoms with Crippen LogP contribution in [0.5, 0.6) is 0 Å². The Hall–Kier alpha value is -1.53. The van der Waals surface area contributed by atoms with Crippen LogP contribution in [0.1, 0.15) is 24.8 Å². The Morgan fingerprint density at radius 2 is 2.10 bits per heavy atom. The Bertz CT molecular complexity index is 874. The van der Waals surface area contributed by atoms with Gasteiger partial charge in [0.05, 0.1) is 16.5 Å². The first kappa shape index (κ1) is 13.2. The molecule has 1 fully saturated rings. The van der Waals surface area contributed by atoms with Gasteiger partial charge in [0.1, 0.15) is 15.3 Å². The largest absolute Gasteiger partial charge is 0.357 e. The molecule has 0 amide bonds. The molecule has 0 unspecified atom stereocenters. The van der Waals surface area contributed by atoms with Gasteiger partial charge in [0, 0.05) is 18.5 Å². The number of anilines is 1. The minimum absolute atomic E-state index is 0.658. The zero-order valence-electron chi connectivity index (χ0n) is 11.8. The van der Waals surface area contributed by atoms with Crippen molar-refractivity contribution in [3.05, 3.63) is 22.6 Å². The normalized spacial score (nSPS) is 16.0. The molecule has 1 saturated heterocycles. The minimum Gasteiger partial charge on any atom is -0.357 e. The lowest BCUT2D eigenvalue weighted by atomic mass is 10.1. The van der Waals surface area contributed by atoms with Gasteiger partial charge in [-0.25, -0.2) is 9.97 Å². The van der Waals surface area contributed by atoms with Crippen LogP contribution in [0.2, 0.25) is 0 Å². The molecule has 0 aliphatic carbocycles. The molecule has 0 aromatic carbocycles. The Morgan fingerprint density at radius 3 is 2.90 bits per heavy atom. The number of thiophene rings is 1. The molecular formula is C15H16N4S2. The highest BCUT2D eigenvalue weighted by Gasteiger charge is 2.16. The standard InChI is InChI=1S/C15H16N4S2/c1-9-7-10(19-5-3-2-4-6-19)18-15-11(9)12-13(21-15)14(20)17-8-16-12/h7-8H,2-6H2,1H3,(H,16,17,20). The van der Waals surface area contributed by atoms with Crippen molar-refractivity contribution in [2.45, 2.75) is 26.2 Å². The second-order valence-corrected chi connectivity index (χ2v) is 6.92. The SMILES string of the molecule is Cc1cc(N2CCCCC2)nc2sc3c(=S)nc[nH]c3c12. The van der Waals surface area contributed by atoms with E-state index in [1.54, 1.807) is 17.7 Å². The zero-order chi connectivity index (χ0) is 14.4. The van der Waals surface area contributed by atoms with Crippen LogP contribution < -0.4 is 4.90 Å². The van der Waals surface area contributed by atoms with E-state index in [1.165, 1.54) is 30.2 Å². The molecule has 1 N–H and O–H groups in total. The second-order valence-electron chi connectivity index (χ2n) is 5.54. The van der Waals surface area contributed by atoms with Crippen LogP contribution in [-0.4, -0.2) is 28.0 Å². The summed E-state index contributed by atoms with van der Waals surface area (Å²) < 4.78 is 1.69. The van der Waals surface area contributed by atoms with Gasteiger partial charge in [-0.1, -0.05) is 12.2 Å². The van der Waals surface area contributed by atoms with Gasteiger partial charge in [-0.05, 0) is 37.8 Å². The summed E-state index contributed by atoms with van der Waals surface area (Å²) in [6, 6.07) is 2.21. The summed E-state index contributed by atoms with van der Waals surface area (Å²) in [5.41, 5.74) is 2.33. The molecular weight excluding hydrogens is 300 g/mol. The van der Waals surface area contributed by atoms with Crippen molar-refractivity contribution < 1.29 is 0 Å². The number of rotatable bonds is 1. The number of nitrogens with zero attached hydrogens (tertiary/aromatic N) is 3. The van der Waals surface area contributed by atoms with E-state index in [0.717, 1.165) is 34.0 Å². The van der Waals surface area contributed by atoms with E-state index in [9.17, 15) is 0 Å². The predicted octanol–water partition coefficient (Wildman–Crippen LogP) is 4.20. The lowest BCUT2D eigenvalue weighted by Gasteiger charge is -2.28. The fourth-order valence-electron chi connectivity index (χ4n) is 3.05. The number of hydrogen-bond acceptors (Lipinski definition) is 5. The molecule has 0 saturated carbocycles. The first-order valence-corrected chi connectivity index (χ1v) is 8.49. The maximum Gasteiger partial charge on any atom is 0.147 e. The molecule has 0 spiro atoms. The average Bonchev–Trinajstić information content (AvgIpc) is 2.89. The molecule has 21 heavy (non-hydrogen) atoms. The van der Waals surface area contributed by atoms with Crippen molar-refractivity contribution in [3.8, 4) is 0 Å². The van der Waals surface area contributed by atoms with Gasteiger partial charge in [-0.2, -0.15) is 0 Å². The minimum atomic E-state index is 0.658. The summed E-state index contributed by atoms with van der Waals surface area (Å²) in [6.45, 7) is 4.38. The van der Waals surface area contributed by atoms with Crippen LogP contribution in [0.15, 0.2) is 12.4 Å². The lowest BCUT2D eigenvalue weighted by Crippen LogP contribution is -2.30. The van der Waals surface area contributed by atoms with Crippen LogP contribution >= 0.6 is 23.6 Å². The highest BCUT2D eigenvalue weighted by atomic mass is 32.1. The molecule has 3 aromatic heterocycles. The highest BCUT2D eigenvalue weighted by Crippen LogP contribution is 2.35. The summed E-state index contributed by atoms with van der Waals surface area (Å²) in [5.74, 6) is 1.10. The summed E-state index contributed by atoms with van der Waals surface area (Å²) in [5, 5.41) is 1.18. The predicted molar refractivity (Wildman–Crippen MR) is 90.9 cm³/mol. The van der Waals surface area contributed by atoms with Gasteiger partial charge >= 0.3 is 0 Å². The molecule has 0 atom stereocenters. The van der Waals surface area contributed by atoms with Crippen molar-refractivity contribution >= 4 is 49.8 Å². The molecule has 4 heterocycles. The molecule has 4 rings (SSSR count). The van der Waals surface area contributed by atoms with Crippen molar-refractivity contribution in [1.29, 1.82) is 0 Å². The van der Waals surface area contributed by atoms with Crippen molar-refractivity contribution in [3.63, 3.8) is 0 Å². The van der Waals surface area contributed by atoms with Crippen LogP contribution in [0, 0.1) is 11.6 Å². The number of fused-ring (bicyclic) bond motifs is 3. The van der Waals surface area contributed by atoms with E-state index >= 15 is 0 Å². The molecule has 108 valence electrons. The molecule has 1 aliphatic rings. The van der Waals surface area contributed by atoms with Crippen molar-refractivity contribution in [2.24, 2.45) is 0 Å². The third-order valence-electron chi connectivity index (χ3n) is 4.11. The maximum absolute atomic E-state index is 5.34. The van der Waals surface area contributed by atoms with E-state index in [0.29, 0.717) is 4.64 Å². The lowest BCUT2D eigenvalue weighted by molar-refractivity contribution is 0.574. The monoisotopic (exact) mass is 316 g/mol. The van der Waals surface area contributed by atoms with E-state index in [2.05, 4.69) is 27.9 Å². The summed E-state index contributed by atoms with van der Waals surface area (Å²) in [7, 11) is 0. The molecule has 0 bridgehead atoms. The Balaban J connectivity index is 1.95. The third-order valence-corrected chi connectivity index (χ3v) is 5.64. The average molecular weight is 316 g/mol. The number of piperidine rings is 1. The Kier molecular flexibility index (Phi) is 3.15. The molecule has 1 aliphatic heterocycles. The molecule has 0 radical (unpaired) electrons. The van der Waals surface area contributed by atoms with Crippen LogP contribution in [0.25, 0.3) is 20.4 Å². The summed E-state index contributed by atoms with van der Waals surface area (Å²) in [4.78, 5) is 15.8. The topological polar surface area (TPSA) is 44.8 Å². The molecule has 6 heteroatoms. The fraction of sp³-hybridized carbons (Fsp3) is 0.400. The number of nitrogens with one attached hydrogen (secondary N) is 1. The van der Waals surface area contributed by atoms with E-state index in [4.69, 9.17) is 17.2 Å². The Labute approximate surface area is 131 Å². The first-order chi connectivity index (χ1) is 10.2. The van der Waals surface area contributed by atoms with Crippen molar-refractivity contribution in [2.75, 3.05) is 18.0 Å². The summed E-state index contributed by atoms with van der Waals surface area (Å²) >= 11 is 6.98. The van der Waals surface area contributed by atoms with E-state index in [1.807, 2.05) is 0 Å². The zero-order valence-corrected chi connectivity index (χ0v) is 13.5. The third kappa shape index (κ3) is 2.13. The van der Waals surface area contributed by atoms with Crippen LogP contribution in [-0.2, 0) is 0 Å². The number of pyridine rings is 1. The Morgan fingerprint density at radius 1 is 1.29 bits per heavy atom. The van der Waals surface area contributed by atoms with Crippen molar-refractivity contribution in [1.82, 2.24) is 15.0 Å². The van der Waals surface area contributed by atoms with Gasteiger partial charge in [-0.15, -0.1) is 11.3 Å². The number of aryl methyl sites for hydroxylation is 1. The van der Waals surface area contributed by atoms with Crippen LogP contribution in [0.4, 0.5) is 5.82 Å². The van der Waals surface area contributed by atoms with Crippen LogP contribution in [0.3, 0.4) is 0 Å². The molecule has 4 nitrogen and oxygen atoms in total. The first-order valence-electron chi connectivity index (χ1n) is 7.26. The fourth-order valence-corrected chi connectivity index (χ4v) is 4.43. The van der Waals surface area contributed by atoms with Gasteiger partial charge in [0.2, 0.25) is 0 Å². The van der Waals surface area contributed by atoms with Gasteiger partial charge in [0.25, 0.3) is 0 Å². The van der Waals surface area contributed by atoms with Gasteiger partial charge in [0.15, 0.2) is 0 Å². The van der Waals surface area contributed by atoms with E-state index < -0.39 is 0 Å².